The number of hydrogen-bond donors (Lipinski definition) is 2. The third kappa shape index (κ3) is 4.03. The largest absolute Gasteiger partial charge is 0.508 e. The summed E-state index contributed by atoms with van der Waals surface area (Å²) in [6.45, 7) is 0. The number of phenols is 1. The molecule has 2 aromatic heterocycles. The summed E-state index contributed by atoms with van der Waals surface area (Å²) in [5, 5.41) is 12.8. The molecule has 0 unspecified atom stereocenters. The molecule has 2 N–H and O–H groups in total. The Bertz CT molecular complexity index is 1120. The van der Waals surface area contributed by atoms with Crippen LogP contribution in [0.2, 0.25) is 10.6 Å². The fourth-order valence-corrected chi connectivity index (χ4v) is 2.95. The number of hydrogen-bond acceptors (Lipinski definition) is 6. The van der Waals surface area contributed by atoms with E-state index in [1.54, 1.807) is 30.5 Å². The van der Waals surface area contributed by atoms with Gasteiger partial charge in [0.15, 0.2) is 0 Å². The highest BCUT2D eigenvalue weighted by Gasteiger charge is 2.14. The summed E-state index contributed by atoms with van der Waals surface area (Å²) in [7, 11) is 0. The van der Waals surface area contributed by atoms with E-state index in [9.17, 15) is 5.11 Å². The molecular weight excluding hydrogens is 397 g/mol. The Morgan fingerprint density at radius 1 is 0.786 bits per heavy atom. The molecule has 6 nitrogen and oxygen atoms in total. The van der Waals surface area contributed by atoms with E-state index in [4.69, 9.17) is 23.2 Å². The lowest BCUT2D eigenvalue weighted by Crippen LogP contribution is -2.00. The van der Waals surface area contributed by atoms with Crippen LogP contribution in [0.25, 0.3) is 22.5 Å². The summed E-state index contributed by atoms with van der Waals surface area (Å²) in [6.07, 6.45) is 1.57. The van der Waals surface area contributed by atoms with Crippen LogP contribution in [0.1, 0.15) is 0 Å². The summed E-state index contributed by atoms with van der Waals surface area (Å²) in [5.74, 6) is 0.626. The van der Waals surface area contributed by atoms with Crippen molar-refractivity contribution in [2.24, 2.45) is 0 Å². The molecule has 28 heavy (non-hydrogen) atoms. The van der Waals surface area contributed by atoms with E-state index in [0.29, 0.717) is 22.8 Å². The Morgan fingerprint density at radius 3 is 2.25 bits per heavy atom. The molecule has 0 saturated carbocycles. The van der Waals surface area contributed by atoms with Gasteiger partial charge in [-0.1, -0.05) is 30.3 Å². The van der Waals surface area contributed by atoms with Gasteiger partial charge in [0.25, 0.3) is 0 Å². The number of aromatic nitrogens is 4. The van der Waals surface area contributed by atoms with E-state index >= 15 is 0 Å². The zero-order chi connectivity index (χ0) is 19.5. The maximum absolute atomic E-state index is 9.46. The first-order chi connectivity index (χ1) is 13.6. The smallest absolute Gasteiger partial charge is 0.224 e. The number of nitrogens with zero attached hydrogens (tertiary/aromatic N) is 4. The molecule has 0 radical (unpaired) electrons. The van der Waals surface area contributed by atoms with Gasteiger partial charge in [0.05, 0.1) is 17.0 Å². The first-order valence-corrected chi connectivity index (χ1v) is 9.03. The van der Waals surface area contributed by atoms with E-state index in [2.05, 4.69) is 25.3 Å². The van der Waals surface area contributed by atoms with Crippen molar-refractivity contribution in [3.8, 4) is 28.3 Å². The number of halogens is 2. The van der Waals surface area contributed by atoms with Crippen LogP contribution in [0.5, 0.6) is 5.75 Å². The van der Waals surface area contributed by atoms with Crippen LogP contribution in [0.4, 0.5) is 11.5 Å². The van der Waals surface area contributed by atoms with Gasteiger partial charge in [-0.05, 0) is 53.5 Å². The van der Waals surface area contributed by atoms with Gasteiger partial charge in [-0.15, -0.1) is 0 Å². The van der Waals surface area contributed by atoms with Gasteiger partial charge in [0.1, 0.15) is 11.6 Å². The number of benzene rings is 2. The molecule has 2 heterocycles. The van der Waals surface area contributed by atoms with E-state index in [-0.39, 0.29) is 16.3 Å². The Morgan fingerprint density at radius 2 is 1.50 bits per heavy atom. The highest BCUT2D eigenvalue weighted by Crippen LogP contribution is 2.31. The minimum atomic E-state index is 0.0912. The maximum Gasteiger partial charge on any atom is 0.224 e. The number of rotatable bonds is 4. The molecule has 0 spiro atoms. The van der Waals surface area contributed by atoms with Gasteiger partial charge < -0.3 is 10.4 Å². The van der Waals surface area contributed by atoms with Gasteiger partial charge in [-0.2, -0.15) is 4.98 Å². The molecule has 4 rings (SSSR count). The molecule has 0 bridgehead atoms. The Balaban J connectivity index is 1.79. The highest BCUT2D eigenvalue weighted by molar-refractivity contribution is 6.28. The van der Waals surface area contributed by atoms with Crippen molar-refractivity contribution in [3.05, 3.63) is 77.4 Å². The molecular formula is C20H13Cl2N5O. The molecule has 0 atom stereocenters. The Hall–Kier alpha value is -3.22. The monoisotopic (exact) mass is 409 g/mol. The molecule has 0 fully saturated rings. The number of nitrogens with one attached hydrogen (secondary N) is 1. The van der Waals surface area contributed by atoms with Crippen molar-refractivity contribution >= 4 is 34.7 Å². The Labute approximate surface area is 170 Å². The van der Waals surface area contributed by atoms with Gasteiger partial charge in [0.2, 0.25) is 10.6 Å². The van der Waals surface area contributed by atoms with E-state index in [0.717, 1.165) is 11.3 Å². The van der Waals surface area contributed by atoms with Crippen LogP contribution in [0, 0.1) is 0 Å². The van der Waals surface area contributed by atoms with Crippen molar-refractivity contribution in [2.75, 3.05) is 5.32 Å². The van der Waals surface area contributed by atoms with Crippen molar-refractivity contribution < 1.29 is 5.11 Å². The molecule has 0 aliphatic heterocycles. The summed E-state index contributed by atoms with van der Waals surface area (Å²) < 4.78 is 0. The van der Waals surface area contributed by atoms with Crippen LogP contribution in [-0.2, 0) is 0 Å². The van der Waals surface area contributed by atoms with Gasteiger partial charge in [-0.25, -0.2) is 15.0 Å². The molecule has 0 aliphatic carbocycles. The van der Waals surface area contributed by atoms with Crippen LogP contribution >= 0.6 is 23.2 Å². The second-order valence-electron chi connectivity index (χ2n) is 5.85. The summed E-state index contributed by atoms with van der Waals surface area (Å²) in [6, 6.07) is 18.1. The summed E-state index contributed by atoms with van der Waals surface area (Å²) in [5.41, 5.74) is 3.48. The lowest BCUT2D eigenvalue weighted by atomic mass is 10.1. The Kier molecular flexibility index (Phi) is 5.06. The number of phenolic OH excluding ortho intramolecular Hbond substituents is 1. The average Bonchev–Trinajstić information content (AvgIpc) is 2.70. The molecule has 0 aliphatic rings. The van der Waals surface area contributed by atoms with Crippen molar-refractivity contribution in [1.82, 2.24) is 19.9 Å². The molecule has 8 heteroatoms. The first-order valence-electron chi connectivity index (χ1n) is 8.27. The third-order valence-corrected chi connectivity index (χ3v) is 4.28. The van der Waals surface area contributed by atoms with E-state index in [1.807, 2.05) is 36.4 Å². The average molecular weight is 410 g/mol. The zero-order valence-corrected chi connectivity index (χ0v) is 15.9. The third-order valence-electron chi connectivity index (χ3n) is 3.93. The quantitative estimate of drug-likeness (QED) is 0.348. The van der Waals surface area contributed by atoms with Crippen molar-refractivity contribution in [1.29, 1.82) is 0 Å². The molecule has 0 amide bonds. The number of aromatic hydroxyl groups is 1. The van der Waals surface area contributed by atoms with Gasteiger partial charge in [0, 0.05) is 17.4 Å². The fourth-order valence-electron chi connectivity index (χ4n) is 2.64. The van der Waals surface area contributed by atoms with E-state index in [1.165, 1.54) is 0 Å². The van der Waals surface area contributed by atoms with Crippen LogP contribution < -0.4 is 5.32 Å². The molecule has 138 valence electrons. The number of anilines is 2. The van der Waals surface area contributed by atoms with E-state index < -0.39 is 0 Å². The maximum atomic E-state index is 9.46. The predicted molar refractivity (Wildman–Crippen MR) is 110 cm³/mol. The topological polar surface area (TPSA) is 83.8 Å². The minimum Gasteiger partial charge on any atom is -0.508 e. The molecule has 2 aromatic carbocycles. The molecule has 4 aromatic rings. The second-order valence-corrected chi connectivity index (χ2v) is 6.52. The molecule has 0 saturated heterocycles. The van der Waals surface area contributed by atoms with Crippen LogP contribution in [-0.4, -0.2) is 25.0 Å². The minimum absolute atomic E-state index is 0.0912. The lowest BCUT2D eigenvalue weighted by Gasteiger charge is -2.12. The predicted octanol–water partition coefficient (Wildman–Crippen LogP) is 5.36. The standard InChI is InChI=1S/C20H13Cl2N5O/c21-19-23-11-15(18(27-19)24-13-6-8-14(28)9-7-13)17-10-16(25-20(22)26-17)12-4-2-1-3-5-12/h1-11,28H,(H,23,24,27). The van der Waals surface area contributed by atoms with Gasteiger partial charge >= 0.3 is 0 Å². The SMILES string of the molecule is Oc1ccc(Nc2nc(Cl)ncc2-c2cc(-c3ccccc3)nc(Cl)n2)cc1. The zero-order valence-electron chi connectivity index (χ0n) is 14.3. The lowest BCUT2D eigenvalue weighted by molar-refractivity contribution is 0.475. The second kappa shape index (κ2) is 7.80. The van der Waals surface area contributed by atoms with Crippen LogP contribution in [0.15, 0.2) is 66.9 Å². The fraction of sp³-hybridized carbons (Fsp3) is 0. The summed E-state index contributed by atoms with van der Waals surface area (Å²) >= 11 is 12.2. The van der Waals surface area contributed by atoms with Crippen molar-refractivity contribution in [3.63, 3.8) is 0 Å². The van der Waals surface area contributed by atoms with Crippen LogP contribution in [0.3, 0.4) is 0 Å². The van der Waals surface area contributed by atoms with Crippen molar-refractivity contribution in [2.45, 2.75) is 0 Å². The highest BCUT2D eigenvalue weighted by atomic mass is 35.5. The van der Waals surface area contributed by atoms with Gasteiger partial charge in [-0.3, -0.25) is 0 Å². The first kappa shape index (κ1) is 18.2. The normalized spacial score (nSPS) is 10.6. The summed E-state index contributed by atoms with van der Waals surface area (Å²) in [4.78, 5) is 17.0.